The van der Waals surface area contributed by atoms with Crippen LogP contribution in [0.15, 0.2) is 4.90 Å². The molecule has 19 heavy (non-hydrogen) atoms. The fourth-order valence-corrected chi connectivity index (χ4v) is 3.95. The van der Waals surface area contributed by atoms with Crippen molar-refractivity contribution in [1.82, 2.24) is 0 Å². The van der Waals surface area contributed by atoms with E-state index in [4.69, 9.17) is 5.73 Å². The van der Waals surface area contributed by atoms with Crippen molar-refractivity contribution in [3.05, 3.63) is 4.88 Å². The van der Waals surface area contributed by atoms with Gasteiger partial charge in [0, 0.05) is 12.0 Å². The summed E-state index contributed by atoms with van der Waals surface area (Å²) in [5.74, 6) is 1.01. The third-order valence-corrected chi connectivity index (χ3v) is 5.75. The Morgan fingerprint density at radius 3 is 2.53 bits per heavy atom. The predicted octanol–water partition coefficient (Wildman–Crippen LogP) is 4.10. The van der Waals surface area contributed by atoms with E-state index in [1.165, 1.54) is 11.3 Å². The SMILES string of the molecule is CSc1c(NC(C)C(C)C)sc(C(=O)C2CC2)c1N. The minimum absolute atomic E-state index is 0.228. The largest absolute Gasteiger partial charge is 0.396 e. The average molecular weight is 298 g/mol. The van der Waals surface area contributed by atoms with Gasteiger partial charge < -0.3 is 11.1 Å². The number of rotatable bonds is 6. The van der Waals surface area contributed by atoms with Gasteiger partial charge in [0.2, 0.25) is 0 Å². The van der Waals surface area contributed by atoms with E-state index in [0.29, 0.717) is 17.6 Å². The lowest BCUT2D eigenvalue weighted by Gasteiger charge is -2.18. The first-order chi connectivity index (χ1) is 8.95. The second kappa shape index (κ2) is 5.75. The van der Waals surface area contributed by atoms with E-state index in [1.807, 2.05) is 6.26 Å². The minimum atomic E-state index is 0.228. The van der Waals surface area contributed by atoms with Crippen LogP contribution in [0.1, 0.15) is 43.3 Å². The highest BCUT2D eigenvalue weighted by molar-refractivity contribution is 7.99. The van der Waals surface area contributed by atoms with Crippen LogP contribution in [0.5, 0.6) is 0 Å². The van der Waals surface area contributed by atoms with Crippen molar-refractivity contribution in [2.45, 2.75) is 44.6 Å². The highest BCUT2D eigenvalue weighted by Crippen LogP contribution is 2.45. The molecule has 0 radical (unpaired) electrons. The molecular weight excluding hydrogens is 276 g/mol. The number of hydrogen-bond donors (Lipinski definition) is 2. The number of Topliss-reactive ketones (excluding diaryl/α,β-unsaturated/α-hetero) is 1. The summed E-state index contributed by atoms with van der Waals surface area (Å²) >= 11 is 3.14. The molecule has 1 atom stereocenters. The highest BCUT2D eigenvalue weighted by atomic mass is 32.2. The number of nitrogen functional groups attached to an aromatic ring is 1. The number of ketones is 1. The van der Waals surface area contributed by atoms with E-state index in [-0.39, 0.29) is 11.7 Å². The van der Waals surface area contributed by atoms with Gasteiger partial charge >= 0.3 is 0 Å². The summed E-state index contributed by atoms with van der Waals surface area (Å²) in [4.78, 5) is 14.0. The summed E-state index contributed by atoms with van der Waals surface area (Å²) in [6.45, 7) is 6.53. The molecule has 1 aliphatic carbocycles. The van der Waals surface area contributed by atoms with Gasteiger partial charge in [-0.3, -0.25) is 4.79 Å². The van der Waals surface area contributed by atoms with Crippen molar-refractivity contribution >= 4 is 39.6 Å². The Labute approximate surface area is 123 Å². The number of thioether (sulfide) groups is 1. The van der Waals surface area contributed by atoms with Gasteiger partial charge in [0.05, 0.1) is 15.5 Å². The van der Waals surface area contributed by atoms with Gasteiger partial charge in [0.1, 0.15) is 5.00 Å². The maximum Gasteiger partial charge on any atom is 0.178 e. The van der Waals surface area contributed by atoms with Crippen LogP contribution in [0, 0.1) is 11.8 Å². The van der Waals surface area contributed by atoms with E-state index in [0.717, 1.165) is 27.6 Å². The Morgan fingerprint density at radius 2 is 2.05 bits per heavy atom. The van der Waals surface area contributed by atoms with Gasteiger partial charge in [-0.15, -0.1) is 23.1 Å². The molecule has 3 nitrogen and oxygen atoms in total. The maximum absolute atomic E-state index is 12.2. The molecule has 0 aromatic carbocycles. The maximum atomic E-state index is 12.2. The van der Waals surface area contributed by atoms with Gasteiger partial charge in [0.25, 0.3) is 0 Å². The predicted molar refractivity (Wildman–Crippen MR) is 85.5 cm³/mol. The van der Waals surface area contributed by atoms with Crippen LogP contribution in [0.25, 0.3) is 0 Å². The lowest BCUT2D eigenvalue weighted by atomic mass is 10.1. The monoisotopic (exact) mass is 298 g/mol. The van der Waals surface area contributed by atoms with Gasteiger partial charge in [-0.1, -0.05) is 13.8 Å². The van der Waals surface area contributed by atoms with Crippen molar-refractivity contribution in [2.24, 2.45) is 11.8 Å². The van der Waals surface area contributed by atoms with E-state index < -0.39 is 0 Å². The van der Waals surface area contributed by atoms with Crippen LogP contribution < -0.4 is 11.1 Å². The average Bonchev–Trinajstić information content (AvgIpc) is 3.15. The van der Waals surface area contributed by atoms with E-state index in [9.17, 15) is 4.79 Å². The first-order valence-corrected chi connectivity index (χ1v) is 8.76. The lowest BCUT2D eigenvalue weighted by Crippen LogP contribution is -2.21. The van der Waals surface area contributed by atoms with Crippen molar-refractivity contribution in [3.63, 3.8) is 0 Å². The van der Waals surface area contributed by atoms with Crippen LogP contribution in [-0.4, -0.2) is 18.1 Å². The second-order valence-corrected chi connectivity index (χ2v) is 7.36. The molecule has 106 valence electrons. The van der Waals surface area contributed by atoms with Crippen LogP contribution >= 0.6 is 23.1 Å². The number of carbonyl (C=O) groups is 1. The molecule has 2 rings (SSSR count). The molecule has 5 heteroatoms. The summed E-state index contributed by atoms with van der Waals surface area (Å²) in [5, 5.41) is 4.55. The number of hydrogen-bond acceptors (Lipinski definition) is 5. The normalized spacial score (nSPS) is 16.7. The molecule has 0 aliphatic heterocycles. The number of thiophene rings is 1. The molecule has 1 saturated carbocycles. The van der Waals surface area contributed by atoms with Crippen molar-refractivity contribution in [2.75, 3.05) is 17.3 Å². The molecular formula is C14H22N2OS2. The molecule has 0 saturated heterocycles. The molecule has 1 heterocycles. The quantitative estimate of drug-likeness (QED) is 0.613. The summed E-state index contributed by atoms with van der Waals surface area (Å²) in [6, 6.07) is 0.368. The molecule has 1 aromatic heterocycles. The van der Waals surface area contributed by atoms with E-state index in [2.05, 4.69) is 26.1 Å². The van der Waals surface area contributed by atoms with Gasteiger partial charge in [-0.2, -0.15) is 0 Å². The fraction of sp³-hybridized carbons (Fsp3) is 0.643. The van der Waals surface area contributed by atoms with Crippen molar-refractivity contribution < 1.29 is 4.79 Å². The molecule has 3 N–H and O–H groups in total. The Kier molecular flexibility index (Phi) is 4.46. The lowest BCUT2D eigenvalue weighted by molar-refractivity contribution is 0.0972. The highest BCUT2D eigenvalue weighted by Gasteiger charge is 2.34. The summed E-state index contributed by atoms with van der Waals surface area (Å²) in [6.07, 6.45) is 4.06. The van der Waals surface area contributed by atoms with Crippen LogP contribution in [0.3, 0.4) is 0 Å². The van der Waals surface area contributed by atoms with E-state index >= 15 is 0 Å². The first-order valence-electron chi connectivity index (χ1n) is 6.72. The summed E-state index contributed by atoms with van der Waals surface area (Å²) in [7, 11) is 0. The molecule has 1 unspecified atom stereocenters. The van der Waals surface area contributed by atoms with Gasteiger partial charge in [-0.25, -0.2) is 0 Å². The zero-order chi connectivity index (χ0) is 14.2. The zero-order valence-electron chi connectivity index (χ0n) is 11.9. The first kappa shape index (κ1) is 14.7. The smallest absolute Gasteiger partial charge is 0.178 e. The Hall–Kier alpha value is -0.680. The molecule has 1 fully saturated rings. The standard InChI is InChI=1S/C14H22N2OS2/c1-7(2)8(3)16-14-13(18-4)10(15)12(19-14)11(17)9-5-6-9/h7-9,16H,5-6,15H2,1-4H3. The Morgan fingerprint density at radius 1 is 1.42 bits per heavy atom. The number of anilines is 2. The van der Waals surface area contributed by atoms with Crippen molar-refractivity contribution in [1.29, 1.82) is 0 Å². The number of carbonyl (C=O) groups excluding carboxylic acids is 1. The molecule has 1 aromatic rings. The topological polar surface area (TPSA) is 55.1 Å². The van der Waals surface area contributed by atoms with E-state index in [1.54, 1.807) is 11.8 Å². The Bertz CT molecular complexity index is 478. The molecule has 0 spiro atoms. The fourth-order valence-electron chi connectivity index (χ4n) is 1.81. The van der Waals surface area contributed by atoms with Crippen molar-refractivity contribution in [3.8, 4) is 0 Å². The second-order valence-electron chi connectivity index (χ2n) is 5.52. The zero-order valence-corrected chi connectivity index (χ0v) is 13.6. The summed E-state index contributed by atoms with van der Waals surface area (Å²) in [5.41, 5.74) is 6.84. The summed E-state index contributed by atoms with van der Waals surface area (Å²) < 4.78 is 0. The van der Waals surface area contributed by atoms with Crippen LogP contribution in [0.2, 0.25) is 0 Å². The minimum Gasteiger partial charge on any atom is -0.396 e. The number of nitrogens with one attached hydrogen (secondary N) is 1. The third-order valence-electron chi connectivity index (χ3n) is 3.63. The van der Waals surface area contributed by atoms with Gasteiger partial charge in [0.15, 0.2) is 5.78 Å². The number of nitrogens with two attached hydrogens (primary N) is 1. The Balaban J connectivity index is 2.27. The van der Waals surface area contributed by atoms with Crippen LogP contribution in [-0.2, 0) is 0 Å². The molecule has 0 amide bonds. The van der Waals surface area contributed by atoms with Gasteiger partial charge in [-0.05, 0) is 31.9 Å². The van der Waals surface area contributed by atoms with Crippen LogP contribution in [0.4, 0.5) is 10.7 Å². The third kappa shape index (κ3) is 3.08. The molecule has 1 aliphatic rings. The molecule has 0 bridgehead atoms.